The maximum Gasteiger partial charge on any atom is 0.254 e. The van der Waals surface area contributed by atoms with Gasteiger partial charge in [0.25, 0.3) is 5.91 Å². The van der Waals surface area contributed by atoms with Gasteiger partial charge in [-0.15, -0.1) is 0 Å². The van der Waals surface area contributed by atoms with Crippen LogP contribution in [0.4, 0.5) is 10.1 Å². The molecule has 1 heterocycles. The van der Waals surface area contributed by atoms with E-state index in [0.717, 1.165) is 25.7 Å². The van der Waals surface area contributed by atoms with E-state index in [-0.39, 0.29) is 24.2 Å². The van der Waals surface area contributed by atoms with E-state index in [0.29, 0.717) is 12.1 Å². The van der Waals surface area contributed by atoms with Gasteiger partial charge in [0.15, 0.2) is 0 Å². The van der Waals surface area contributed by atoms with E-state index in [1.54, 1.807) is 4.90 Å². The van der Waals surface area contributed by atoms with Gasteiger partial charge in [0, 0.05) is 12.1 Å². The van der Waals surface area contributed by atoms with Crippen molar-refractivity contribution < 1.29 is 14.3 Å². The topological polar surface area (TPSA) is 66.6 Å². The van der Waals surface area contributed by atoms with E-state index in [4.69, 9.17) is 5.73 Å². The summed E-state index contributed by atoms with van der Waals surface area (Å²) in [5.41, 5.74) is 5.84. The van der Waals surface area contributed by atoms with Crippen LogP contribution in [0.15, 0.2) is 18.2 Å². The third-order valence-corrected chi connectivity index (χ3v) is 3.59. The molecule has 3 N–H and O–H groups in total. The first-order chi connectivity index (χ1) is 9.13. The average Bonchev–Trinajstić information content (AvgIpc) is 2.66. The van der Waals surface area contributed by atoms with Gasteiger partial charge in [0.2, 0.25) is 0 Å². The molecule has 0 radical (unpaired) electrons. The van der Waals surface area contributed by atoms with Gasteiger partial charge in [-0.2, -0.15) is 0 Å². The summed E-state index contributed by atoms with van der Waals surface area (Å²) in [6, 6.07) is 3.85. The fourth-order valence-electron chi connectivity index (χ4n) is 2.48. The molecular weight excluding hydrogens is 247 g/mol. The van der Waals surface area contributed by atoms with Crippen molar-refractivity contribution in [3.8, 4) is 0 Å². The first-order valence-corrected chi connectivity index (χ1v) is 6.60. The highest BCUT2D eigenvalue weighted by Gasteiger charge is 2.25. The molecule has 1 unspecified atom stereocenters. The Balaban J connectivity index is 2.22. The van der Waals surface area contributed by atoms with Crippen molar-refractivity contribution in [2.45, 2.75) is 31.7 Å². The van der Waals surface area contributed by atoms with Gasteiger partial charge >= 0.3 is 0 Å². The molecule has 0 spiro atoms. The number of benzene rings is 1. The summed E-state index contributed by atoms with van der Waals surface area (Å²) >= 11 is 0. The van der Waals surface area contributed by atoms with E-state index in [9.17, 15) is 14.3 Å². The molecule has 1 aromatic rings. The average molecular weight is 266 g/mol. The van der Waals surface area contributed by atoms with Crippen LogP contribution < -0.4 is 5.73 Å². The molecule has 104 valence electrons. The number of nitrogens with zero attached hydrogens (tertiary/aromatic N) is 1. The molecule has 19 heavy (non-hydrogen) atoms. The van der Waals surface area contributed by atoms with Crippen molar-refractivity contribution in [1.29, 1.82) is 0 Å². The lowest BCUT2D eigenvalue weighted by atomic mass is 10.1. The predicted molar refractivity (Wildman–Crippen MR) is 71.2 cm³/mol. The number of nitrogen functional groups attached to an aromatic ring is 1. The Morgan fingerprint density at radius 3 is 2.89 bits per heavy atom. The van der Waals surface area contributed by atoms with Crippen molar-refractivity contribution in [2.24, 2.45) is 0 Å². The van der Waals surface area contributed by atoms with Crippen molar-refractivity contribution in [2.75, 3.05) is 18.9 Å². The molecule has 0 aliphatic carbocycles. The molecular formula is C14H19FN2O2. The number of nitrogens with two attached hydrogens (primary N) is 1. The number of carbonyl (C=O) groups excluding carboxylic acids is 1. The number of hydrogen-bond acceptors (Lipinski definition) is 3. The second kappa shape index (κ2) is 6.02. The number of halogens is 1. The van der Waals surface area contributed by atoms with E-state index < -0.39 is 5.82 Å². The Hall–Kier alpha value is -1.62. The van der Waals surface area contributed by atoms with Gasteiger partial charge in [0.1, 0.15) is 5.82 Å². The minimum atomic E-state index is -0.522. The van der Waals surface area contributed by atoms with E-state index >= 15 is 0 Å². The van der Waals surface area contributed by atoms with Crippen molar-refractivity contribution in [3.05, 3.63) is 29.6 Å². The predicted octanol–water partition coefficient (Wildman–Crippen LogP) is 1.79. The number of carbonyl (C=O) groups is 1. The Labute approximate surface area is 112 Å². The number of amides is 1. The molecule has 1 atom stereocenters. The van der Waals surface area contributed by atoms with Crippen LogP contribution in [0.1, 0.15) is 36.0 Å². The van der Waals surface area contributed by atoms with Crippen LogP contribution in [-0.4, -0.2) is 35.1 Å². The van der Waals surface area contributed by atoms with Crippen molar-refractivity contribution >= 4 is 11.6 Å². The minimum Gasteiger partial charge on any atom is -0.396 e. The maximum atomic E-state index is 13.1. The Morgan fingerprint density at radius 2 is 2.21 bits per heavy atom. The lowest BCUT2D eigenvalue weighted by Gasteiger charge is -2.28. The zero-order chi connectivity index (χ0) is 13.8. The highest BCUT2D eigenvalue weighted by molar-refractivity contribution is 5.95. The maximum absolute atomic E-state index is 13.1. The largest absolute Gasteiger partial charge is 0.396 e. The van der Waals surface area contributed by atoms with Crippen molar-refractivity contribution in [1.82, 2.24) is 4.90 Å². The van der Waals surface area contributed by atoms with Gasteiger partial charge in [-0.25, -0.2) is 4.39 Å². The zero-order valence-electron chi connectivity index (χ0n) is 10.8. The number of hydrogen-bond donors (Lipinski definition) is 2. The SMILES string of the molecule is Nc1cc(C(=O)N2CCCCCC2CO)ccc1F. The summed E-state index contributed by atoms with van der Waals surface area (Å²) in [6.45, 7) is 0.587. The number of aliphatic hydroxyl groups excluding tert-OH is 1. The number of anilines is 1. The van der Waals surface area contributed by atoms with Crippen LogP contribution in [0.3, 0.4) is 0 Å². The summed E-state index contributed by atoms with van der Waals surface area (Å²) in [7, 11) is 0. The molecule has 5 heteroatoms. The second-order valence-electron chi connectivity index (χ2n) is 4.92. The highest BCUT2D eigenvalue weighted by Crippen LogP contribution is 2.20. The first kappa shape index (κ1) is 13.8. The summed E-state index contributed by atoms with van der Waals surface area (Å²) in [6.07, 6.45) is 3.81. The van der Waals surface area contributed by atoms with Gasteiger partial charge in [0.05, 0.1) is 18.3 Å². The lowest BCUT2D eigenvalue weighted by Crippen LogP contribution is -2.42. The molecule has 4 nitrogen and oxygen atoms in total. The smallest absolute Gasteiger partial charge is 0.254 e. The molecule has 1 aromatic carbocycles. The van der Waals surface area contributed by atoms with Crippen LogP contribution in [-0.2, 0) is 0 Å². The summed E-state index contributed by atoms with van der Waals surface area (Å²) in [5.74, 6) is -0.709. The first-order valence-electron chi connectivity index (χ1n) is 6.60. The normalized spacial score (nSPS) is 20.1. The molecule has 1 saturated heterocycles. The monoisotopic (exact) mass is 266 g/mol. The molecule has 0 aromatic heterocycles. The van der Waals surface area contributed by atoms with Gasteiger partial charge in [-0.1, -0.05) is 12.8 Å². The number of rotatable bonds is 2. The third-order valence-electron chi connectivity index (χ3n) is 3.59. The van der Waals surface area contributed by atoms with Crippen LogP contribution >= 0.6 is 0 Å². The van der Waals surface area contributed by atoms with Crippen LogP contribution in [0.2, 0.25) is 0 Å². The molecule has 0 saturated carbocycles. The molecule has 1 aliphatic heterocycles. The van der Waals surface area contributed by atoms with E-state index in [1.165, 1.54) is 18.2 Å². The van der Waals surface area contributed by atoms with Crippen LogP contribution in [0.25, 0.3) is 0 Å². The Kier molecular flexibility index (Phi) is 4.37. The molecule has 1 fully saturated rings. The van der Waals surface area contributed by atoms with Crippen LogP contribution in [0.5, 0.6) is 0 Å². The van der Waals surface area contributed by atoms with Crippen LogP contribution in [0, 0.1) is 5.82 Å². The second-order valence-corrected chi connectivity index (χ2v) is 4.92. The molecule has 0 bridgehead atoms. The molecule has 2 rings (SSSR count). The van der Waals surface area contributed by atoms with Gasteiger partial charge in [-0.3, -0.25) is 4.79 Å². The van der Waals surface area contributed by atoms with Crippen molar-refractivity contribution in [3.63, 3.8) is 0 Å². The summed E-state index contributed by atoms with van der Waals surface area (Å²) in [5, 5.41) is 9.40. The fraction of sp³-hybridized carbons (Fsp3) is 0.500. The zero-order valence-corrected chi connectivity index (χ0v) is 10.8. The minimum absolute atomic E-state index is 0.0266. The summed E-state index contributed by atoms with van der Waals surface area (Å²) in [4.78, 5) is 14.1. The molecule has 1 aliphatic rings. The third kappa shape index (κ3) is 3.04. The Bertz CT molecular complexity index is 465. The quantitative estimate of drug-likeness (QED) is 0.802. The standard InChI is InChI=1S/C14H19FN2O2/c15-12-6-5-10(8-13(12)16)14(19)17-7-3-1-2-4-11(17)9-18/h5-6,8,11,18H,1-4,7,9,16H2. The number of likely N-dealkylation sites (tertiary alicyclic amines) is 1. The van der Waals surface area contributed by atoms with Gasteiger partial charge < -0.3 is 15.7 Å². The fourth-order valence-corrected chi connectivity index (χ4v) is 2.48. The van der Waals surface area contributed by atoms with Gasteiger partial charge in [-0.05, 0) is 31.0 Å². The van der Waals surface area contributed by atoms with E-state index in [1.807, 2.05) is 0 Å². The van der Waals surface area contributed by atoms with E-state index in [2.05, 4.69) is 0 Å². The Morgan fingerprint density at radius 1 is 1.42 bits per heavy atom. The lowest BCUT2D eigenvalue weighted by molar-refractivity contribution is 0.0600. The highest BCUT2D eigenvalue weighted by atomic mass is 19.1. The summed E-state index contributed by atoms with van der Waals surface area (Å²) < 4.78 is 13.1. The number of aliphatic hydroxyl groups is 1. The molecule has 1 amide bonds.